The van der Waals surface area contributed by atoms with E-state index in [1.54, 1.807) is 24.3 Å². The van der Waals surface area contributed by atoms with Crippen LogP contribution in [-0.4, -0.2) is 38.0 Å². The molecular weight excluding hydrogens is 485 g/mol. The molecular formula is C30H32FN3O2S. The van der Waals surface area contributed by atoms with Gasteiger partial charge in [0.1, 0.15) is 12.4 Å². The Morgan fingerprint density at radius 2 is 1.68 bits per heavy atom. The smallest absolute Gasteiger partial charge is 0.265 e. The van der Waals surface area contributed by atoms with E-state index >= 15 is 0 Å². The summed E-state index contributed by atoms with van der Waals surface area (Å²) in [6, 6.07) is 24.1. The number of amides is 2. The number of unbranched alkanes of at least 4 members (excludes halogenated alkanes) is 1. The number of carbonyl (C=O) groups is 2. The molecule has 0 bridgehead atoms. The first-order valence-corrected chi connectivity index (χ1v) is 13.5. The summed E-state index contributed by atoms with van der Waals surface area (Å²) in [5, 5.41) is 2.97. The Labute approximate surface area is 222 Å². The number of anilines is 2. The molecule has 1 aliphatic heterocycles. The highest BCUT2D eigenvalue weighted by Crippen LogP contribution is 2.42. The lowest BCUT2D eigenvalue weighted by atomic mass is 10.2. The van der Waals surface area contributed by atoms with Crippen LogP contribution in [0, 0.1) is 5.82 Å². The first-order valence-electron chi connectivity index (χ1n) is 12.7. The SMILES string of the molecule is CCCCN(CCCNC(=O)CN1C(=O)C(=Cc2ccccc2F)Sc2ccccc21)c1ccccc1. The van der Waals surface area contributed by atoms with Gasteiger partial charge in [0.05, 0.1) is 10.6 Å². The van der Waals surface area contributed by atoms with Crippen molar-refractivity contribution in [1.29, 1.82) is 0 Å². The third-order valence-corrected chi connectivity index (χ3v) is 7.23. The fourth-order valence-electron chi connectivity index (χ4n) is 4.21. The molecule has 4 rings (SSSR count). The zero-order chi connectivity index (χ0) is 26.0. The lowest BCUT2D eigenvalue weighted by Crippen LogP contribution is -2.43. The zero-order valence-electron chi connectivity index (χ0n) is 21.0. The summed E-state index contributed by atoms with van der Waals surface area (Å²) in [5.74, 6) is -0.924. The van der Waals surface area contributed by atoms with Gasteiger partial charge in [-0.05, 0) is 49.2 Å². The average Bonchev–Trinajstić information content (AvgIpc) is 2.92. The maximum Gasteiger partial charge on any atom is 0.265 e. The lowest BCUT2D eigenvalue weighted by molar-refractivity contribution is -0.122. The van der Waals surface area contributed by atoms with Gasteiger partial charge in [-0.2, -0.15) is 0 Å². The minimum atomic E-state index is -0.393. The molecule has 1 N–H and O–H groups in total. The molecule has 5 nitrogen and oxygen atoms in total. The van der Waals surface area contributed by atoms with Gasteiger partial charge in [0.15, 0.2) is 0 Å². The molecule has 0 fully saturated rings. The van der Waals surface area contributed by atoms with Gasteiger partial charge in [0, 0.05) is 35.8 Å². The highest BCUT2D eigenvalue weighted by atomic mass is 32.2. The van der Waals surface area contributed by atoms with Gasteiger partial charge >= 0.3 is 0 Å². The summed E-state index contributed by atoms with van der Waals surface area (Å²) in [4.78, 5) is 31.3. The molecule has 2 amide bonds. The second-order valence-electron chi connectivity index (χ2n) is 8.87. The lowest BCUT2D eigenvalue weighted by Gasteiger charge is -2.30. The van der Waals surface area contributed by atoms with Crippen LogP contribution in [0.4, 0.5) is 15.8 Å². The van der Waals surface area contributed by atoms with Crippen LogP contribution in [0.2, 0.25) is 0 Å². The summed E-state index contributed by atoms with van der Waals surface area (Å²) in [6.45, 7) is 4.41. The van der Waals surface area contributed by atoms with E-state index in [4.69, 9.17) is 0 Å². The van der Waals surface area contributed by atoms with Crippen LogP contribution in [0.3, 0.4) is 0 Å². The molecule has 7 heteroatoms. The van der Waals surface area contributed by atoms with E-state index in [0.717, 1.165) is 37.2 Å². The predicted octanol–water partition coefficient (Wildman–Crippen LogP) is 6.12. The fraction of sp³-hybridized carbons (Fsp3) is 0.267. The molecule has 37 heavy (non-hydrogen) atoms. The molecule has 0 spiro atoms. The number of hydrogen-bond acceptors (Lipinski definition) is 4. The summed E-state index contributed by atoms with van der Waals surface area (Å²) >= 11 is 1.29. The van der Waals surface area contributed by atoms with Crippen molar-refractivity contribution < 1.29 is 14.0 Å². The van der Waals surface area contributed by atoms with Crippen LogP contribution in [-0.2, 0) is 9.59 Å². The number of fused-ring (bicyclic) bond motifs is 1. The predicted molar refractivity (Wildman–Crippen MR) is 150 cm³/mol. The molecule has 0 atom stereocenters. The summed E-state index contributed by atoms with van der Waals surface area (Å²) in [5.41, 5.74) is 2.21. The van der Waals surface area contributed by atoms with Crippen LogP contribution < -0.4 is 15.1 Å². The quantitative estimate of drug-likeness (QED) is 0.246. The standard InChI is InChI=1S/C30H32FN3O2S/c1-2-3-19-33(24-13-5-4-6-14-24)20-11-18-32-29(35)22-34-26-16-9-10-17-27(26)37-28(30(34)36)21-23-12-7-8-15-25(23)31/h4-10,12-17,21H,2-3,11,18-20,22H2,1H3,(H,32,35). The van der Waals surface area contributed by atoms with E-state index in [0.29, 0.717) is 22.7 Å². The van der Waals surface area contributed by atoms with E-state index in [9.17, 15) is 14.0 Å². The van der Waals surface area contributed by atoms with E-state index in [1.807, 2.05) is 42.5 Å². The average molecular weight is 518 g/mol. The molecule has 3 aromatic carbocycles. The van der Waals surface area contributed by atoms with E-state index < -0.39 is 5.82 Å². The van der Waals surface area contributed by atoms with Gasteiger partial charge < -0.3 is 10.2 Å². The molecule has 192 valence electrons. The molecule has 0 radical (unpaired) electrons. The molecule has 1 heterocycles. The van der Waals surface area contributed by atoms with Gasteiger partial charge in [-0.25, -0.2) is 4.39 Å². The second kappa shape index (κ2) is 13.1. The Balaban J connectivity index is 1.39. The van der Waals surface area contributed by atoms with Crippen LogP contribution >= 0.6 is 11.8 Å². The topological polar surface area (TPSA) is 52.7 Å². The van der Waals surface area contributed by atoms with Crippen molar-refractivity contribution in [2.45, 2.75) is 31.1 Å². The first-order chi connectivity index (χ1) is 18.1. The maximum absolute atomic E-state index is 14.2. The third-order valence-electron chi connectivity index (χ3n) is 6.16. The molecule has 0 unspecified atom stereocenters. The molecule has 0 aromatic heterocycles. The Morgan fingerprint density at radius 3 is 2.46 bits per heavy atom. The van der Waals surface area contributed by atoms with Crippen LogP contribution in [0.25, 0.3) is 6.08 Å². The van der Waals surface area contributed by atoms with Crippen molar-refractivity contribution in [1.82, 2.24) is 5.32 Å². The fourth-order valence-corrected chi connectivity index (χ4v) is 5.26. The van der Waals surface area contributed by atoms with Crippen molar-refractivity contribution in [3.63, 3.8) is 0 Å². The number of carbonyl (C=O) groups excluding carboxylic acids is 2. The number of thioether (sulfide) groups is 1. The van der Waals surface area contributed by atoms with Crippen molar-refractivity contribution >= 4 is 41.0 Å². The summed E-state index contributed by atoms with van der Waals surface area (Å²) < 4.78 is 14.2. The normalized spacial score (nSPS) is 13.9. The highest BCUT2D eigenvalue weighted by Gasteiger charge is 2.30. The Hall–Kier alpha value is -3.58. The Kier molecular flexibility index (Phi) is 9.38. The summed E-state index contributed by atoms with van der Waals surface area (Å²) in [7, 11) is 0. The zero-order valence-corrected chi connectivity index (χ0v) is 21.8. The second-order valence-corrected chi connectivity index (χ2v) is 9.95. The van der Waals surface area contributed by atoms with Gasteiger partial charge in [-0.1, -0.05) is 73.6 Å². The van der Waals surface area contributed by atoms with E-state index in [1.165, 1.54) is 28.4 Å². The number of para-hydroxylation sites is 2. The monoisotopic (exact) mass is 517 g/mol. The highest BCUT2D eigenvalue weighted by molar-refractivity contribution is 8.04. The minimum absolute atomic E-state index is 0.0940. The maximum atomic E-state index is 14.2. The Morgan fingerprint density at radius 1 is 0.973 bits per heavy atom. The number of nitrogens with zero attached hydrogens (tertiary/aromatic N) is 2. The number of rotatable bonds is 11. The van der Waals surface area contributed by atoms with Crippen molar-refractivity contribution in [2.24, 2.45) is 0 Å². The van der Waals surface area contributed by atoms with Crippen molar-refractivity contribution in [3.05, 3.63) is 95.1 Å². The molecule has 0 saturated carbocycles. The van der Waals surface area contributed by atoms with Crippen LogP contribution in [0.1, 0.15) is 31.7 Å². The first kappa shape index (κ1) is 26.5. The minimum Gasteiger partial charge on any atom is -0.371 e. The molecule has 1 aliphatic rings. The van der Waals surface area contributed by atoms with Gasteiger partial charge in [-0.3, -0.25) is 14.5 Å². The van der Waals surface area contributed by atoms with Crippen LogP contribution in [0.5, 0.6) is 0 Å². The van der Waals surface area contributed by atoms with Crippen molar-refractivity contribution in [2.75, 3.05) is 36.0 Å². The van der Waals surface area contributed by atoms with Gasteiger partial charge in [-0.15, -0.1) is 0 Å². The van der Waals surface area contributed by atoms with E-state index in [2.05, 4.69) is 29.3 Å². The van der Waals surface area contributed by atoms with Gasteiger partial charge in [0.2, 0.25) is 5.91 Å². The van der Waals surface area contributed by atoms with Gasteiger partial charge in [0.25, 0.3) is 5.91 Å². The third kappa shape index (κ3) is 7.01. The summed E-state index contributed by atoms with van der Waals surface area (Å²) in [6.07, 6.45) is 4.58. The Bertz CT molecular complexity index is 1250. The number of benzene rings is 3. The molecule has 0 saturated heterocycles. The van der Waals surface area contributed by atoms with E-state index in [-0.39, 0.29) is 18.4 Å². The number of hydrogen-bond donors (Lipinski definition) is 1. The van der Waals surface area contributed by atoms with Crippen molar-refractivity contribution in [3.8, 4) is 0 Å². The molecule has 0 aliphatic carbocycles. The largest absolute Gasteiger partial charge is 0.371 e. The number of halogens is 1. The number of nitrogens with one attached hydrogen (secondary N) is 1. The molecule has 3 aromatic rings. The van der Waals surface area contributed by atoms with Crippen LogP contribution in [0.15, 0.2) is 88.7 Å².